The van der Waals surface area contributed by atoms with Gasteiger partial charge in [0.2, 0.25) is 11.8 Å². The van der Waals surface area contributed by atoms with E-state index in [9.17, 15) is 9.59 Å². The number of aryl methyl sites for hydroxylation is 1. The summed E-state index contributed by atoms with van der Waals surface area (Å²) in [4.78, 5) is 25.6. The first kappa shape index (κ1) is 13.6. The molecule has 4 heteroatoms. The highest BCUT2D eigenvalue weighted by atomic mass is 16.2. The van der Waals surface area contributed by atoms with E-state index < -0.39 is 0 Å². The van der Waals surface area contributed by atoms with Crippen LogP contribution in [0.2, 0.25) is 0 Å². The minimum atomic E-state index is -0.229. The molecule has 1 aromatic carbocycles. The van der Waals surface area contributed by atoms with E-state index in [-0.39, 0.29) is 17.7 Å². The molecule has 1 aliphatic heterocycles. The molecule has 1 atom stereocenters. The number of amides is 2. The number of likely N-dealkylation sites (tertiary alicyclic amines) is 1. The summed E-state index contributed by atoms with van der Waals surface area (Å²) in [5, 5.41) is 2.94. The lowest BCUT2D eigenvalue weighted by atomic mass is 10.1. The maximum absolute atomic E-state index is 12.2. The van der Waals surface area contributed by atoms with E-state index in [1.54, 1.807) is 4.90 Å². The SMILES string of the molecule is CCN1CC(C(=O)Nc2cccc(C)c2C)CC1=O. The van der Waals surface area contributed by atoms with Gasteiger partial charge < -0.3 is 10.2 Å². The average Bonchev–Trinajstić information content (AvgIpc) is 2.76. The van der Waals surface area contributed by atoms with Gasteiger partial charge in [-0.3, -0.25) is 9.59 Å². The van der Waals surface area contributed by atoms with Crippen LogP contribution in [0, 0.1) is 19.8 Å². The molecule has 0 bridgehead atoms. The summed E-state index contributed by atoms with van der Waals surface area (Å²) in [6.45, 7) is 7.15. The second kappa shape index (κ2) is 5.43. The van der Waals surface area contributed by atoms with Crippen molar-refractivity contribution in [3.63, 3.8) is 0 Å². The molecule has 1 heterocycles. The fourth-order valence-electron chi connectivity index (χ4n) is 2.37. The van der Waals surface area contributed by atoms with E-state index in [4.69, 9.17) is 0 Å². The van der Waals surface area contributed by atoms with Gasteiger partial charge in [0.1, 0.15) is 0 Å². The molecule has 1 saturated heterocycles. The van der Waals surface area contributed by atoms with Crippen LogP contribution in [0.4, 0.5) is 5.69 Å². The predicted octanol–water partition coefficient (Wildman–Crippen LogP) is 2.11. The topological polar surface area (TPSA) is 49.4 Å². The van der Waals surface area contributed by atoms with Crippen molar-refractivity contribution in [1.29, 1.82) is 0 Å². The summed E-state index contributed by atoms with van der Waals surface area (Å²) in [6, 6.07) is 5.84. The third-order valence-electron chi connectivity index (χ3n) is 3.83. The van der Waals surface area contributed by atoms with Crippen LogP contribution in [0.3, 0.4) is 0 Å². The number of nitrogens with zero attached hydrogens (tertiary/aromatic N) is 1. The van der Waals surface area contributed by atoms with Gasteiger partial charge in [0.15, 0.2) is 0 Å². The van der Waals surface area contributed by atoms with Gasteiger partial charge in [-0.05, 0) is 38.0 Å². The third kappa shape index (κ3) is 2.78. The molecule has 1 unspecified atom stereocenters. The summed E-state index contributed by atoms with van der Waals surface area (Å²) in [5.74, 6) is -0.214. The molecule has 102 valence electrons. The Morgan fingerprint density at radius 3 is 2.79 bits per heavy atom. The molecule has 0 saturated carbocycles. The molecule has 1 fully saturated rings. The summed E-state index contributed by atoms with van der Waals surface area (Å²) in [6.07, 6.45) is 0.324. The van der Waals surface area contributed by atoms with Crippen molar-refractivity contribution in [3.05, 3.63) is 29.3 Å². The van der Waals surface area contributed by atoms with E-state index in [1.165, 1.54) is 0 Å². The molecule has 0 aliphatic carbocycles. The molecule has 2 amide bonds. The maximum atomic E-state index is 12.2. The Morgan fingerprint density at radius 1 is 1.42 bits per heavy atom. The lowest BCUT2D eigenvalue weighted by Gasteiger charge is -2.15. The molecule has 2 rings (SSSR count). The second-order valence-corrected chi connectivity index (χ2v) is 5.07. The number of benzene rings is 1. The number of rotatable bonds is 3. The normalized spacial score (nSPS) is 18.8. The monoisotopic (exact) mass is 260 g/mol. The Bertz CT molecular complexity index is 511. The van der Waals surface area contributed by atoms with Gasteiger partial charge in [0.05, 0.1) is 5.92 Å². The zero-order valence-corrected chi connectivity index (χ0v) is 11.7. The molecular weight excluding hydrogens is 240 g/mol. The fraction of sp³-hybridized carbons (Fsp3) is 0.467. The van der Waals surface area contributed by atoms with Gasteiger partial charge in [0.25, 0.3) is 0 Å². The van der Waals surface area contributed by atoms with Crippen LogP contribution in [-0.4, -0.2) is 29.8 Å². The van der Waals surface area contributed by atoms with Crippen LogP contribution in [0.25, 0.3) is 0 Å². The molecule has 1 aliphatic rings. The third-order valence-corrected chi connectivity index (χ3v) is 3.83. The van der Waals surface area contributed by atoms with E-state index in [2.05, 4.69) is 5.32 Å². The van der Waals surface area contributed by atoms with E-state index in [0.29, 0.717) is 19.5 Å². The number of anilines is 1. The number of carbonyl (C=O) groups is 2. The largest absolute Gasteiger partial charge is 0.342 e. The number of hydrogen-bond acceptors (Lipinski definition) is 2. The van der Waals surface area contributed by atoms with Crippen molar-refractivity contribution in [2.24, 2.45) is 5.92 Å². The summed E-state index contributed by atoms with van der Waals surface area (Å²) >= 11 is 0. The highest BCUT2D eigenvalue weighted by Gasteiger charge is 2.33. The van der Waals surface area contributed by atoms with Crippen molar-refractivity contribution >= 4 is 17.5 Å². The zero-order chi connectivity index (χ0) is 14.0. The molecule has 0 spiro atoms. The van der Waals surface area contributed by atoms with Crippen molar-refractivity contribution in [2.75, 3.05) is 18.4 Å². The lowest BCUT2D eigenvalue weighted by molar-refractivity contribution is -0.128. The standard InChI is InChI=1S/C15H20N2O2/c1-4-17-9-12(8-14(17)18)15(19)16-13-7-5-6-10(2)11(13)3/h5-7,12H,4,8-9H2,1-3H3,(H,16,19). The number of hydrogen-bond donors (Lipinski definition) is 1. The van der Waals surface area contributed by atoms with Gasteiger partial charge in [-0.2, -0.15) is 0 Å². The van der Waals surface area contributed by atoms with E-state index in [0.717, 1.165) is 16.8 Å². The summed E-state index contributed by atoms with van der Waals surface area (Å²) in [5.41, 5.74) is 3.07. The highest BCUT2D eigenvalue weighted by molar-refractivity contribution is 5.97. The van der Waals surface area contributed by atoms with Crippen LogP contribution in [0.15, 0.2) is 18.2 Å². The zero-order valence-electron chi connectivity index (χ0n) is 11.7. The van der Waals surface area contributed by atoms with Gasteiger partial charge in [-0.1, -0.05) is 12.1 Å². The Morgan fingerprint density at radius 2 is 2.16 bits per heavy atom. The van der Waals surface area contributed by atoms with Crippen LogP contribution in [0.1, 0.15) is 24.5 Å². The first-order chi connectivity index (χ1) is 9.02. The van der Waals surface area contributed by atoms with Crippen molar-refractivity contribution in [1.82, 2.24) is 4.90 Å². The van der Waals surface area contributed by atoms with Gasteiger partial charge in [-0.15, -0.1) is 0 Å². The Hall–Kier alpha value is -1.84. The quantitative estimate of drug-likeness (QED) is 0.905. The highest BCUT2D eigenvalue weighted by Crippen LogP contribution is 2.22. The van der Waals surface area contributed by atoms with Crippen LogP contribution >= 0.6 is 0 Å². The second-order valence-electron chi connectivity index (χ2n) is 5.07. The lowest BCUT2D eigenvalue weighted by Crippen LogP contribution is -2.28. The van der Waals surface area contributed by atoms with Crippen molar-refractivity contribution < 1.29 is 9.59 Å². The molecule has 4 nitrogen and oxygen atoms in total. The Balaban J connectivity index is 2.06. The van der Waals surface area contributed by atoms with Gasteiger partial charge in [-0.25, -0.2) is 0 Å². The molecule has 1 N–H and O–H groups in total. The van der Waals surface area contributed by atoms with E-state index >= 15 is 0 Å². The smallest absolute Gasteiger partial charge is 0.229 e. The molecule has 0 radical (unpaired) electrons. The minimum absolute atomic E-state index is 0.0574. The van der Waals surface area contributed by atoms with Crippen molar-refractivity contribution in [2.45, 2.75) is 27.2 Å². The van der Waals surface area contributed by atoms with E-state index in [1.807, 2.05) is 39.0 Å². The fourth-order valence-corrected chi connectivity index (χ4v) is 2.37. The summed E-state index contributed by atoms with van der Waals surface area (Å²) in [7, 11) is 0. The molecule has 0 aromatic heterocycles. The van der Waals surface area contributed by atoms with Crippen LogP contribution in [-0.2, 0) is 9.59 Å². The summed E-state index contributed by atoms with van der Waals surface area (Å²) < 4.78 is 0. The molecular formula is C15H20N2O2. The molecule has 19 heavy (non-hydrogen) atoms. The Kier molecular flexibility index (Phi) is 3.88. The molecule has 1 aromatic rings. The first-order valence-corrected chi connectivity index (χ1v) is 6.67. The predicted molar refractivity (Wildman–Crippen MR) is 74.9 cm³/mol. The number of nitrogens with one attached hydrogen (secondary N) is 1. The maximum Gasteiger partial charge on any atom is 0.229 e. The van der Waals surface area contributed by atoms with Crippen LogP contribution < -0.4 is 5.32 Å². The van der Waals surface area contributed by atoms with Gasteiger partial charge in [0, 0.05) is 25.2 Å². The number of carbonyl (C=O) groups excluding carboxylic acids is 2. The Labute approximate surface area is 113 Å². The van der Waals surface area contributed by atoms with Crippen molar-refractivity contribution in [3.8, 4) is 0 Å². The first-order valence-electron chi connectivity index (χ1n) is 6.67. The van der Waals surface area contributed by atoms with Crippen LogP contribution in [0.5, 0.6) is 0 Å². The average molecular weight is 260 g/mol. The van der Waals surface area contributed by atoms with Gasteiger partial charge >= 0.3 is 0 Å². The minimum Gasteiger partial charge on any atom is -0.342 e.